The summed E-state index contributed by atoms with van der Waals surface area (Å²) in [5.74, 6) is 0.806. The Morgan fingerprint density at radius 2 is 1.77 bits per heavy atom. The maximum Gasteiger partial charge on any atom is 0.500 e. The maximum atomic E-state index is 5.76. The van der Waals surface area contributed by atoms with Crippen molar-refractivity contribution in [2.75, 3.05) is 27.9 Å². The van der Waals surface area contributed by atoms with Crippen molar-refractivity contribution < 1.29 is 22.8 Å². The molecule has 6 heteroatoms. The maximum absolute atomic E-state index is 5.76. The Balaban J connectivity index is 2.60. The summed E-state index contributed by atoms with van der Waals surface area (Å²) in [4.78, 5) is 0. The second-order valence-electron chi connectivity index (χ2n) is 5.00. The Hall–Kier alpha value is -0.923. The van der Waals surface area contributed by atoms with Crippen LogP contribution in [0.2, 0.25) is 6.04 Å². The van der Waals surface area contributed by atoms with Crippen molar-refractivity contribution in [3.63, 3.8) is 0 Å². The van der Waals surface area contributed by atoms with Crippen LogP contribution in [0.15, 0.2) is 24.3 Å². The normalized spacial score (nSPS) is 13.1. The smallest absolute Gasteiger partial charge is 0.465 e. The molecule has 1 aromatic rings. The van der Waals surface area contributed by atoms with Crippen molar-refractivity contribution in [2.24, 2.45) is 0 Å². The van der Waals surface area contributed by atoms with Gasteiger partial charge < -0.3 is 22.8 Å². The molecule has 1 unspecified atom stereocenters. The molecule has 0 fully saturated rings. The summed E-state index contributed by atoms with van der Waals surface area (Å²) in [6.45, 7) is 4.68. The van der Waals surface area contributed by atoms with Crippen LogP contribution in [0.5, 0.6) is 5.75 Å². The van der Waals surface area contributed by atoms with Crippen LogP contribution < -0.4 is 4.74 Å². The molecule has 126 valence electrons. The van der Waals surface area contributed by atoms with Crippen molar-refractivity contribution in [2.45, 2.75) is 39.0 Å². The van der Waals surface area contributed by atoms with E-state index in [0.29, 0.717) is 6.61 Å². The largest absolute Gasteiger partial charge is 0.500 e. The molecular formula is C16H28O5Si. The van der Waals surface area contributed by atoms with E-state index in [9.17, 15) is 0 Å². The van der Waals surface area contributed by atoms with Crippen LogP contribution in [-0.2, 0) is 24.4 Å². The van der Waals surface area contributed by atoms with E-state index in [1.807, 2.05) is 25.1 Å². The summed E-state index contributed by atoms with van der Waals surface area (Å²) in [7, 11) is 2.36. The van der Waals surface area contributed by atoms with Crippen molar-refractivity contribution in [3.05, 3.63) is 29.8 Å². The van der Waals surface area contributed by atoms with Crippen LogP contribution in [0.3, 0.4) is 0 Å². The molecule has 1 rings (SSSR count). The van der Waals surface area contributed by atoms with E-state index < -0.39 is 8.80 Å². The summed E-state index contributed by atoms with van der Waals surface area (Å²) < 4.78 is 27.6. The monoisotopic (exact) mass is 328 g/mol. The fraction of sp³-hybridized carbons (Fsp3) is 0.625. The quantitative estimate of drug-likeness (QED) is 0.461. The van der Waals surface area contributed by atoms with Gasteiger partial charge in [-0.2, -0.15) is 0 Å². The Morgan fingerprint density at radius 3 is 2.36 bits per heavy atom. The van der Waals surface area contributed by atoms with Gasteiger partial charge in [0.05, 0.1) is 6.61 Å². The fourth-order valence-corrected chi connectivity index (χ4v) is 3.84. The van der Waals surface area contributed by atoms with E-state index in [2.05, 4.69) is 13.0 Å². The predicted molar refractivity (Wildman–Crippen MR) is 88.1 cm³/mol. The molecule has 0 aliphatic carbocycles. The first-order valence-electron chi connectivity index (χ1n) is 7.61. The van der Waals surface area contributed by atoms with Gasteiger partial charge in [-0.15, -0.1) is 0 Å². The Kier molecular flexibility index (Phi) is 8.66. The Labute approximate surface area is 134 Å². The fourth-order valence-electron chi connectivity index (χ4n) is 2.14. The number of hydrogen-bond donors (Lipinski definition) is 0. The molecule has 5 nitrogen and oxygen atoms in total. The first-order valence-corrected chi connectivity index (χ1v) is 9.55. The van der Waals surface area contributed by atoms with Gasteiger partial charge in [-0.05, 0) is 37.5 Å². The van der Waals surface area contributed by atoms with Crippen LogP contribution in [0.4, 0.5) is 0 Å². The van der Waals surface area contributed by atoms with Gasteiger partial charge in [0.2, 0.25) is 0 Å². The summed E-state index contributed by atoms with van der Waals surface area (Å²) in [6.07, 6.45) is 1.54. The third-order valence-corrected chi connectivity index (χ3v) is 6.14. The minimum absolute atomic E-state index is 0.249. The summed E-state index contributed by atoms with van der Waals surface area (Å²) >= 11 is 0. The van der Waals surface area contributed by atoms with Crippen LogP contribution in [0.25, 0.3) is 0 Å². The number of rotatable bonds is 11. The lowest BCUT2D eigenvalue weighted by molar-refractivity contribution is -0.0663. The number of ether oxygens (including phenoxy) is 2. The molecular weight excluding hydrogens is 300 g/mol. The van der Waals surface area contributed by atoms with Gasteiger partial charge in [0.25, 0.3) is 0 Å². The Bertz CT molecular complexity index is 414. The highest BCUT2D eigenvalue weighted by Gasteiger charge is 2.37. The number of hydrogen-bond acceptors (Lipinski definition) is 5. The molecule has 1 aromatic carbocycles. The van der Waals surface area contributed by atoms with Crippen molar-refractivity contribution >= 4 is 8.80 Å². The van der Waals surface area contributed by atoms with Crippen molar-refractivity contribution in [3.8, 4) is 5.75 Å². The molecule has 0 aliphatic rings. The van der Waals surface area contributed by atoms with Gasteiger partial charge in [-0.1, -0.05) is 19.1 Å². The third-order valence-electron chi connectivity index (χ3n) is 3.41. The second-order valence-corrected chi connectivity index (χ2v) is 8.09. The molecule has 0 saturated carbocycles. The van der Waals surface area contributed by atoms with Crippen LogP contribution in [0, 0.1) is 0 Å². The van der Waals surface area contributed by atoms with E-state index in [1.165, 1.54) is 0 Å². The van der Waals surface area contributed by atoms with Gasteiger partial charge in [-0.25, -0.2) is 0 Å². The number of benzene rings is 1. The summed E-state index contributed by atoms with van der Waals surface area (Å²) in [5, 5.41) is 0. The van der Waals surface area contributed by atoms with E-state index in [1.54, 1.807) is 21.3 Å². The lowest BCUT2D eigenvalue weighted by Crippen LogP contribution is -2.43. The second kappa shape index (κ2) is 9.97. The molecule has 0 N–H and O–H groups in total. The minimum Gasteiger partial charge on any atom is -0.465 e. The highest BCUT2D eigenvalue weighted by atomic mass is 28.4. The first kappa shape index (κ1) is 19.1. The average molecular weight is 328 g/mol. The molecule has 0 spiro atoms. The van der Waals surface area contributed by atoms with Crippen LogP contribution in [0.1, 0.15) is 25.8 Å². The lowest BCUT2D eigenvalue weighted by Gasteiger charge is -2.24. The zero-order valence-electron chi connectivity index (χ0n) is 14.3. The van der Waals surface area contributed by atoms with Gasteiger partial charge in [0.15, 0.2) is 6.29 Å². The highest BCUT2D eigenvalue weighted by Crippen LogP contribution is 2.20. The van der Waals surface area contributed by atoms with E-state index in [-0.39, 0.29) is 6.29 Å². The third kappa shape index (κ3) is 6.06. The van der Waals surface area contributed by atoms with Gasteiger partial charge >= 0.3 is 8.80 Å². The molecule has 0 radical (unpaired) electrons. The van der Waals surface area contributed by atoms with E-state index in [0.717, 1.165) is 30.2 Å². The van der Waals surface area contributed by atoms with Gasteiger partial charge in [0, 0.05) is 27.4 Å². The zero-order valence-corrected chi connectivity index (χ0v) is 15.3. The van der Waals surface area contributed by atoms with Crippen molar-refractivity contribution in [1.82, 2.24) is 0 Å². The molecule has 22 heavy (non-hydrogen) atoms. The minimum atomic E-state index is -2.53. The lowest BCUT2D eigenvalue weighted by atomic mass is 10.2. The molecule has 0 amide bonds. The standard InChI is InChI=1S/C16H28O5Si/c1-6-11-20-14(2)21-16-9-7-8-15(13-16)10-12-22(17-3,18-4)19-5/h7-9,13-14H,6,10-12H2,1-5H3. The molecule has 0 saturated heterocycles. The molecule has 0 heterocycles. The molecule has 0 aliphatic heterocycles. The Morgan fingerprint density at radius 1 is 1.09 bits per heavy atom. The van der Waals surface area contributed by atoms with Crippen LogP contribution in [-0.4, -0.2) is 43.0 Å². The van der Waals surface area contributed by atoms with E-state index >= 15 is 0 Å². The van der Waals surface area contributed by atoms with Crippen LogP contribution >= 0.6 is 0 Å². The van der Waals surface area contributed by atoms with Gasteiger partial charge in [-0.3, -0.25) is 0 Å². The zero-order chi connectivity index (χ0) is 16.4. The highest BCUT2D eigenvalue weighted by molar-refractivity contribution is 6.60. The average Bonchev–Trinajstić information content (AvgIpc) is 2.55. The first-order chi connectivity index (χ1) is 10.6. The molecule has 0 bridgehead atoms. The topological polar surface area (TPSA) is 46.2 Å². The van der Waals surface area contributed by atoms with E-state index in [4.69, 9.17) is 22.8 Å². The molecule has 1 atom stereocenters. The molecule has 0 aromatic heterocycles. The number of aryl methyl sites for hydroxylation is 1. The van der Waals surface area contributed by atoms with Crippen molar-refractivity contribution in [1.29, 1.82) is 0 Å². The summed E-state index contributed by atoms with van der Waals surface area (Å²) in [6, 6.07) is 8.72. The van der Waals surface area contributed by atoms with Gasteiger partial charge in [0.1, 0.15) is 5.75 Å². The summed E-state index contributed by atoms with van der Waals surface area (Å²) in [5.41, 5.74) is 1.16. The SMILES string of the molecule is CCCOC(C)Oc1cccc(CC[Si](OC)(OC)OC)c1. The predicted octanol–water partition coefficient (Wildman–Crippen LogP) is 3.26.